The van der Waals surface area contributed by atoms with Crippen LogP contribution in [0.3, 0.4) is 0 Å². The molecule has 5 nitrogen and oxygen atoms in total. The predicted octanol–water partition coefficient (Wildman–Crippen LogP) is 8.48. The minimum absolute atomic E-state index is 0.641. The normalized spacial score (nSPS) is 11.7. The molecule has 0 atom stereocenters. The number of benzene rings is 5. The van der Waals surface area contributed by atoms with Gasteiger partial charge in [-0.15, -0.1) is 0 Å². The molecule has 0 unspecified atom stereocenters. The lowest BCUT2D eigenvalue weighted by Gasteiger charge is -2.24. The molecule has 2 heterocycles. The highest BCUT2D eigenvalue weighted by molar-refractivity contribution is 9.10. The fourth-order valence-corrected chi connectivity index (χ4v) is 6.04. The fraction of sp³-hybridized carbons (Fsp3) is 0.0333. The minimum Gasteiger partial charge on any atom is -0.360 e. The van der Waals surface area contributed by atoms with Gasteiger partial charge in [0.1, 0.15) is 5.82 Å². The van der Waals surface area contributed by atoms with Crippen LogP contribution < -0.4 is 10.0 Å². The summed E-state index contributed by atoms with van der Waals surface area (Å²) < 4.78 is 1.04. The van der Waals surface area contributed by atoms with Crippen LogP contribution in [0.4, 0.5) is 11.4 Å². The number of nitrogens with one attached hydrogen (secondary N) is 2. The molecule has 7 rings (SSSR count). The summed E-state index contributed by atoms with van der Waals surface area (Å²) in [5.41, 5.74) is 6.31. The highest BCUT2D eigenvalue weighted by Gasteiger charge is 2.18. The van der Waals surface area contributed by atoms with E-state index in [0.717, 1.165) is 59.9 Å². The van der Waals surface area contributed by atoms with Crippen LogP contribution in [-0.4, -0.2) is 20.8 Å². The number of aromatic nitrogens is 3. The van der Waals surface area contributed by atoms with Gasteiger partial charge in [-0.2, -0.15) is 0 Å². The maximum atomic E-state index is 5.95. The third-order valence-corrected chi connectivity index (χ3v) is 7.83. The summed E-state index contributed by atoms with van der Waals surface area (Å²) in [6.07, 6.45) is 2.03. The van der Waals surface area contributed by atoms with Crippen LogP contribution >= 0.6 is 27.9 Å². The number of H-pyrrole nitrogens is 2. The molecule has 5 aromatic carbocycles. The van der Waals surface area contributed by atoms with Gasteiger partial charge in [0.15, 0.2) is 0 Å². The van der Waals surface area contributed by atoms with E-state index in [1.54, 1.807) is 0 Å². The number of fused-ring (bicyclic) bond motifs is 7. The average Bonchev–Trinajstić information content (AvgIpc) is 3.57. The van der Waals surface area contributed by atoms with Crippen LogP contribution in [0, 0.1) is 0 Å². The monoisotopic (exact) mass is 563 g/mol. The van der Waals surface area contributed by atoms with E-state index in [1.807, 2.05) is 18.3 Å². The second-order valence-corrected chi connectivity index (χ2v) is 10.5. The second kappa shape index (κ2) is 8.95. The standard InChI is InChI=1S/C30H22BrN5S/c31-18-10-13-27-24(14-18)26(16-33-27)30-34-28-23-9-5-4-8-21(23)22-12-11-20(15-25(22)29(28)35-30)36(17-37-32)19-6-2-1-3-7-19/h1-16,33H,17,32H2,(H,34,35). The molecular formula is C30H22BrN5S. The highest BCUT2D eigenvalue weighted by atomic mass is 79.9. The Morgan fingerprint density at radius 1 is 0.784 bits per heavy atom. The van der Waals surface area contributed by atoms with Crippen molar-refractivity contribution in [1.29, 1.82) is 0 Å². The zero-order chi connectivity index (χ0) is 24.9. The van der Waals surface area contributed by atoms with Gasteiger partial charge in [0.25, 0.3) is 0 Å². The molecule has 4 N–H and O–H groups in total. The molecule has 0 radical (unpaired) electrons. The van der Waals surface area contributed by atoms with E-state index in [-0.39, 0.29) is 0 Å². The van der Waals surface area contributed by atoms with Crippen LogP contribution in [0.2, 0.25) is 0 Å². The highest BCUT2D eigenvalue weighted by Crippen LogP contribution is 2.39. The molecule has 0 saturated heterocycles. The van der Waals surface area contributed by atoms with Crippen molar-refractivity contribution in [2.45, 2.75) is 0 Å². The lowest BCUT2D eigenvalue weighted by molar-refractivity contribution is 1.17. The molecule has 37 heavy (non-hydrogen) atoms. The minimum atomic E-state index is 0.641. The van der Waals surface area contributed by atoms with E-state index in [1.165, 1.54) is 22.7 Å². The first-order valence-corrected chi connectivity index (χ1v) is 13.8. The number of nitrogens with zero attached hydrogens (tertiary/aromatic N) is 2. The zero-order valence-electron chi connectivity index (χ0n) is 19.7. The Hall–Kier alpha value is -3.78. The molecule has 0 spiro atoms. The van der Waals surface area contributed by atoms with Gasteiger partial charge in [-0.3, -0.25) is 5.14 Å². The molecule has 0 aliphatic heterocycles. The largest absolute Gasteiger partial charge is 0.360 e. The number of aromatic amines is 2. The van der Waals surface area contributed by atoms with Gasteiger partial charge >= 0.3 is 0 Å². The molecule has 0 aliphatic rings. The summed E-state index contributed by atoms with van der Waals surface area (Å²) in [4.78, 5) is 14.5. The smallest absolute Gasteiger partial charge is 0.140 e. The maximum Gasteiger partial charge on any atom is 0.140 e. The second-order valence-electron chi connectivity index (χ2n) is 9.04. The number of nitrogens with two attached hydrogens (primary N) is 1. The van der Waals surface area contributed by atoms with E-state index < -0.39 is 0 Å². The molecule has 0 bridgehead atoms. The summed E-state index contributed by atoms with van der Waals surface area (Å²) in [6.45, 7) is 0. The molecule has 7 heteroatoms. The maximum absolute atomic E-state index is 5.95. The van der Waals surface area contributed by atoms with Gasteiger partial charge in [0, 0.05) is 49.3 Å². The van der Waals surface area contributed by atoms with E-state index in [0.29, 0.717) is 5.88 Å². The molecule has 0 fully saturated rings. The number of para-hydroxylation sites is 1. The Morgan fingerprint density at radius 2 is 1.57 bits per heavy atom. The van der Waals surface area contributed by atoms with Crippen LogP contribution in [0.15, 0.2) is 102 Å². The SMILES string of the molecule is NSCN(c1ccccc1)c1ccc2c3ccccc3c3[nH]c(-c4c[nH]c5ccc(Br)cc45)nc3c2c1. The first kappa shape index (κ1) is 22.4. The fourth-order valence-electron chi connectivity index (χ4n) is 5.23. The van der Waals surface area contributed by atoms with Crippen molar-refractivity contribution in [1.82, 2.24) is 15.0 Å². The van der Waals surface area contributed by atoms with E-state index in [2.05, 4.69) is 110 Å². The number of halogens is 1. The number of hydrogen-bond acceptors (Lipinski definition) is 4. The number of imidazole rings is 1. The Labute approximate surface area is 226 Å². The summed E-state index contributed by atoms with van der Waals surface area (Å²) in [6, 6.07) is 31.8. The molecular weight excluding hydrogens is 542 g/mol. The molecule has 180 valence electrons. The van der Waals surface area contributed by atoms with Crippen LogP contribution in [0.5, 0.6) is 0 Å². The van der Waals surface area contributed by atoms with E-state index in [4.69, 9.17) is 10.1 Å². The van der Waals surface area contributed by atoms with Crippen molar-refractivity contribution in [2.75, 3.05) is 10.8 Å². The van der Waals surface area contributed by atoms with Gasteiger partial charge in [-0.05, 0) is 53.2 Å². The Kier molecular flexibility index (Phi) is 5.43. The predicted molar refractivity (Wildman–Crippen MR) is 161 cm³/mol. The lowest BCUT2D eigenvalue weighted by Crippen LogP contribution is -2.17. The number of rotatable bonds is 5. The van der Waals surface area contributed by atoms with Crippen molar-refractivity contribution in [2.24, 2.45) is 5.14 Å². The first-order chi connectivity index (χ1) is 18.2. The van der Waals surface area contributed by atoms with Crippen molar-refractivity contribution >= 4 is 82.7 Å². The Bertz CT molecular complexity index is 1930. The summed E-state index contributed by atoms with van der Waals surface area (Å²) in [5, 5.41) is 11.7. The van der Waals surface area contributed by atoms with Gasteiger partial charge in [0.05, 0.1) is 16.9 Å². The first-order valence-electron chi connectivity index (χ1n) is 12.0. The molecule has 7 aromatic rings. The van der Waals surface area contributed by atoms with E-state index in [9.17, 15) is 0 Å². The third kappa shape index (κ3) is 3.70. The van der Waals surface area contributed by atoms with Crippen LogP contribution in [0.1, 0.15) is 0 Å². The third-order valence-electron chi connectivity index (χ3n) is 6.93. The average molecular weight is 565 g/mol. The van der Waals surface area contributed by atoms with Gasteiger partial charge in [0.2, 0.25) is 0 Å². The summed E-state index contributed by atoms with van der Waals surface area (Å²) in [7, 11) is 0. The molecule has 2 aromatic heterocycles. The van der Waals surface area contributed by atoms with Crippen LogP contribution in [0.25, 0.3) is 54.9 Å². The van der Waals surface area contributed by atoms with Crippen molar-refractivity contribution < 1.29 is 0 Å². The van der Waals surface area contributed by atoms with Crippen molar-refractivity contribution in [3.63, 3.8) is 0 Å². The Morgan fingerprint density at radius 3 is 2.41 bits per heavy atom. The lowest BCUT2D eigenvalue weighted by atomic mass is 9.99. The molecule has 0 aliphatic carbocycles. The zero-order valence-corrected chi connectivity index (χ0v) is 22.1. The Balaban J connectivity index is 1.51. The number of hydrogen-bond donors (Lipinski definition) is 3. The van der Waals surface area contributed by atoms with E-state index >= 15 is 0 Å². The topological polar surface area (TPSA) is 73.7 Å². The summed E-state index contributed by atoms with van der Waals surface area (Å²) in [5.74, 6) is 1.49. The van der Waals surface area contributed by atoms with Crippen molar-refractivity contribution in [3.8, 4) is 11.4 Å². The number of anilines is 2. The van der Waals surface area contributed by atoms with Gasteiger partial charge in [-0.25, -0.2) is 4.98 Å². The van der Waals surface area contributed by atoms with Gasteiger partial charge < -0.3 is 14.9 Å². The molecule has 0 saturated carbocycles. The molecule has 0 amide bonds. The van der Waals surface area contributed by atoms with Crippen LogP contribution in [-0.2, 0) is 0 Å². The van der Waals surface area contributed by atoms with Gasteiger partial charge in [-0.1, -0.05) is 76.4 Å². The summed E-state index contributed by atoms with van der Waals surface area (Å²) >= 11 is 4.93. The van der Waals surface area contributed by atoms with Crippen molar-refractivity contribution in [3.05, 3.63) is 102 Å². The quantitative estimate of drug-likeness (QED) is 0.111.